The van der Waals surface area contributed by atoms with Gasteiger partial charge in [0, 0.05) is 0 Å². The molecular formula is C13H14N2O4. The Labute approximate surface area is 109 Å². The molecule has 1 aromatic carbocycles. The molecule has 100 valence electrons. The van der Waals surface area contributed by atoms with Crippen molar-refractivity contribution in [2.45, 2.75) is 25.0 Å². The van der Waals surface area contributed by atoms with Crippen molar-refractivity contribution in [1.29, 1.82) is 0 Å². The number of nitrogens with one attached hydrogen (secondary N) is 1. The standard InChI is InChI=1S/C13H14N2O4/c14-9(6-8-4-2-1-3-5-8)13(18)19-10-7-11(16)15-12(10)17/h1-5,9-10H,6-7,14H2,(H,15,16,17)/t9-,10?/m0/s1. The second-order valence-corrected chi connectivity index (χ2v) is 4.34. The Balaban J connectivity index is 1.89. The molecule has 1 fully saturated rings. The SMILES string of the molecule is N[C@@H](Cc1ccccc1)C(=O)OC1CC(=O)NC1=O. The summed E-state index contributed by atoms with van der Waals surface area (Å²) in [5.41, 5.74) is 6.62. The van der Waals surface area contributed by atoms with Crippen molar-refractivity contribution >= 4 is 17.8 Å². The molecule has 2 amide bonds. The Kier molecular flexibility index (Phi) is 3.91. The highest BCUT2D eigenvalue weighted by atomic mass is 16.6. The van der Waals surface area contributed by atoms with Crippen LogP contribution in [0.25, 0.3) is 0 Å². The van der Waals surface area contributed by atoms with Gasteiger partial charge in [0.25, 0.3) is 5.91 Å². The van der Waals surface area contributed by atoms with E-state index in [1.807, 2.05) is 30.3 Å². The first-order valence-electron chi connectivity index (χ1n) is 5.90. The molecule has 0 saturated carbocycles. The summed E-state index contributed by atoms with van der Waals surface area (Å²) in [7, 11) is 0. The van der Waals surface area contributed by atoms with Gasteiger partial charge in [-0.3, -0.25) is 19.7 Å². The molecule has 19 heavy (non-hydrogen) atoms. The molecule has 6 heteroatoms. The summed E-state index contributed by atoms with van der Waals surface area (Å²) in [6.45, 7) is 0. The molecule has 1 aromatic rings. The highest BCUT2D eigenvalue weighted by Crippen LogP contribution is 2.09. The summed E-state index contributed by atoms with van der Waals surface area (Å²) < 4.78 is 4.93. The van der Waals surface area contributed by atoms with Crippen LogP contribution in [0.15, 0.2) is 30.3 Å². The van der Waals surface area contributed by atoms with Crippen LogP contribution >= 0.6 is 0 Å². The zero-order valence-electron chi connectivity index (χ0n) is 10.2. The van der Waals surface area contributed by atoms with Crippen molar-refractivity contribution in [3.8, 4) is 0 Å². The van der Waals surface area contributed by atoms with E-state index in [-0.39, 0.29) is 6.42 Å². The van der Waals surface area contributed by atoms with Crippen LogP contribution in [0.1, 0.15) is 12.0 Å². The van der Waals surface area contributed by atoms with E-state index in [1.165, 1.54) is 0 Å². The lowest BCUT2D eigenvalue weighted by Gasteiger charge is -2.14. The number of ether oxygens (including phenoxy) is 1. The summed E-state index contributed by atoms with van der Waals surface area (Å²) in [6.07, 6.45) is -0.869. The van der Waals surface area contributed by atoms with Crippen LogP contribution in [-0.4, -0.2) is 29.9 Å². The number of imide groups is 1. The molecule has 3 N–H and O–H groups in total. The Morgan fingerprint density at radius 1 is 1.37 bits per heavy atom. The molecule has 0 aliphatic carbocycles. The molecule has 1 aliphatic rings. The third-order valence-electron chi connectivity index (χ3n) is 2.79. The van der Waals surface area contributed by atoms with Gasteiger partial charge in [-0.25, -0.2) is 0 Å². The fraction of sp³-hybridized carbons (Fsp3) is 0.308. The molecule has 1 aliphatic heterocycles. The number of amides is 2. The number of benzene rings is 1. The number of nitrogens with two attached hydrogens (primary N) is 1. The van der Waals surface area contributed by atoms with Crippen molar-refractivity contribution < 1.29 is 19.1 Å². The molecule has 2 atom stereocenters. The van der Waals surface area contributed by atoms with Crippen LogP contribution < -0.4 is 11.1 Å². The van der Waals surface area contributed by atoms with Crippen LogP contribution in [0.3, 0.4) is 0 Å². The number of carbonyl (C=O) groups is 3. The van der Waals surface area contributed by atoms with Crippen LogP contribution in [0.4, 0.5) is 0 Å². The van der Waals surface area contributed by atoms with E-state index in [0.29, 0.717) is 6.42 Å². The molecule has 1 heterocycles. The van der Waals surface area contributed by atoms with E-state index in [9.17, 15) is 14.4 Å². The number of hydrogen-bond donors (Lipinski definition) is 2. The minimum Gasteiger partial charge on any atom is -0.451 e. The highest BCUT2D eigenvalue weighted by molar-refractivity contribution is 6.05. The van der Waals surface area contributed by atoms with Gasteiger partial charge in [-0.2, -0.15) is 0 Å². The molecule has 2 rings (SSSR count). The van der Waals surface area contributed by atoms with Crippen LogP contribution in [0.2, 0.25) is 0 Å². The number of esters is 1. The third kappa shape index (κ3) is 3.38. The van der Waals surface area contributed by atoms with E-state index >= 15 is 0 Å². The topological polar surface area (TPSA) is 98.5 Å². The fourth-order valence-corrected chi connectivity index (χ4v) is 1.80. The third-order valence-corrected chi connectivity index (χ3v) is 2.79. The van der Waals surface area contributed by atoms with E-state index in [0.717, 1.165) is 5.56 Å². The van der Waals surface area contributed by atoms with Gasteiger partial charge in [-0.1, -0.05) is 30.3 Å². The molecule has 0 radical (unpaired) electrons. The predicted molar refractivity (Wildman–Crippen MR) is 65.8 cm³/mol. The first kappa shape index (κ1) is 13.2. The zero-order valence-corrected chi connectivity index (χ0v) is 10.2. The van der Waals surface area contributed by atoms with Gasteiger partial charge in [0.15, 0.2) is 6.10 Å². The lowest BCUT2D eigenvalue weighted by molar-refractivity contribution is -0.155. The Morgan fingerprint density at radius 2 is 2.05 bits per heavy atom. The van der Waals surface area contributed by atoms with Gasteiger partial charge < -0.3 is 10.5 Å². The molecular weight excluding hydrogens is 248 g/mol. The second-order valence-electron chi connectivity index (χ2n) is 4.34. The molecule has 0 spiro atoms. The van der Waals surface area contributed by atoms with Gasteiger partial charge in [0.2, 0.25) is 5.91 Å². The zero-order chi connectivity index (χ0) is 13.8. The van der Waals surface area contributed by atoms with Gasteiger partial charge in [-0.05, 0) is 12.0 Å². The van der Waals surface area contributed by atoms with Gasteiger partial charge in [0.05, 0.1) is 6.42 Å². The molecule has 1 saturated heterocycles. The average Bonchev–Trinajstić information content (AvgIpc) is 2.69. The lowest BCUT2D eigenvalue weighted by atomic mass is 10.1. The summed E-state index contributed by atoms with van der Waals surface area (Å²) in [4.78, 5) is 33.9. The van der Waals surface area contributed by atoms with Crippen LogP contribution in [0.5, 0.6) is 0 Å². The summed E-state index contributed by atoms with van der Waals surface area (Å²) in [5, 5.41) is 2.06. The van der Waals surface area contributed by atoms with E-state index < -0.39 is 29.9 Å². The maximum absolute atomic E-state index is 11.7. The molecule has 1 unspecified atom stereocenters. The highest BCUT2D eigenvalue weighted by Gasteiger charge is 2.34. The summed E-state index contributed by atoms with van der Waals surface area (Å²) >= 11 is 0. The molecule has 0 bridgehead atoms. The van der Waals surface area contributed by atoms with Gasteiger partial charge >= 0.3 is 5.97 Å². The maximum Gasteiger partial charge on any atom is 0.324 e. The Bertz CT molecular complexity index is 501. The lowest BCUT2D eigenvalue weighted by Crippen LogP contribution is -2.38. The Hall–Kier alpha value is -2.21. The van der Waals surface area contributed by atoms with E-state index in [1.54, 1.807) is 0 Å². The fourth-order valence-electron chi connectivity index (χ4n) is 1.80. The second kappa shape index (κ2) is 5.62. The summed E-state index contributed by atoms with van der Waals surface area (Å²) in [6, 6.07) is 8.39. The first-order valence-corrected chi connectivity index (χ1v) is 5.90. The van der Waals surface area contributed by atoms with Gasteiger partial charge in [0.1, 0.15) is 6.04 Å². The van der Waals surface area contributed by atoms with Crippen molar-refractivity contribution in [2.24, 2.45) is 5.73 Å². The number of carbonyl (C=O) groups excluding carboxylic acids is 3. The van der Waals surface area contributed by atoms with Crippen LogP contribution in [-0.2, 0) is 25.5 Å². The number of rotatable bonds is 4. The minimum atomic E-state index is -1.05. The van der Waals surface area contributed by atoms with Crippen molar-refractivity contribution in [3.63, 3.8) is 0 Å². The predicted octanol–water partition coefficient (Wildman–Crippen LogP) is -0.485. The molecule has 0 aromatic heterocycles. The van der Waals surface area contributed by atoms with E-state index in [2.05, 4.69) is 5.32 Å². The largest absolute Gasteiger partial charge is 0.451 e. The normalized spacial score (nSPS) is 19.9. The van der Waals surface area contributed by atoms with Crippen molar-refractivity contribution in [3.05, 3.63) is 35.9 Å². The molecule has 6 nitrogen and oxygen atoms in total. The number of hydrogen-bond acceptors (Lipinski definition) is 5. The quantitative estimate of drug-likeness (QED) is 0.564. The van der Waals surface area contributed by atoms with E-state index in [4.69, 9.17) is 10.5 Å². The van der Waals surface area contributed by atoms with Crippen molar-refractivity contribution in [1.82, 2.24) is 5.32 Å². The summed E-state index contributed by atoms with van der Waals surface area (Å²) in [5.74, 6) is -1.72. The van der Waals surface area contributed by atoms with Crippen molar-refractivity contribution in [2.75, 3.05) is 0 Å². The Morgan fingerprint density at radius 3 is 2.63 bits per heavy atom. The van der Waals surface area contributed by atoms with Gasteiger partial charge in [-0.15, -0.1) is 0 Å². The first-order chi connectivity index (χ1) is 9.06. The smallest absolute Gasteiger partial charge is 0.324 e. The van der Waals surface area contributed by atoms with Crippen LogP contribution in [0, 0.1) is 0 Å². The average molecular weight is 262 g/mol. The monoisotopic (exact) mass is 262 g/mol. The maximum atomic E-state index is 11.7. The minimum absolute atomic E-state index is 0.136.